The van der Waals surface area contributed by atoms with Crippen LogP contribution >= 0.6 is 0 Å². The summed E-state index contributed by atoms with van der Waals surface area (Å²) in [5.74, 6) is 1.53. The second kappa shape index (κ2) is 4.93. The standard InChI is InChI=1S/C11H20N4O/c1-4-11-13-10(14-16-11)7-15-8(2)5-12-6-9(15)3/h8-9,12H,4-7H2,1-3H3. The molecule has 0 bridgehead atoms. The van der Waals surface area contributed by atoms with Crippen molar-refractivity contribution in [2.75, 3.05) is 13.1 Å². The minimum absolute atomic E-state index is 0.521. The number of hydrogen-bond donors (Lipinski definition) is 1. The van der Waals surface area contributed by atoms with Gasteiger partial charge < -0.3 is 9.84 Å². The first-order valence-corrected chi connectivity index (χ1v) is 5.98. The van der Waals surface area contributed by atoms with Crippen molar-refractivity contribution in [1.29, 1.82) is 0 Å². The van der Waals surface area contributed by atoms with Gasteiger partial charge in [-0.1, -0.05) is 12.1 Å². The first-order chi connectivity index (χ1) is 7.70. The summed E-state index contributed by atoms with van der Waals surface area (Å²) in [6, 6.07) is 1.04. The lowest BCUT2D eigenvalue weighted by molar-refractivity contribution is 0.104. The van der Waals surface area contributed by atoms with E-state index < -0.39 is 0 Å². The van der Waals surface area contributed by atoms with Gasteiger partial charge in [-0.05, 0) is 13.8 Å². The molecule has 0 aliphatic carbocycles. The monoisotopic (exact) mass is 224 g/mol. The van der Waals surface area contributed by atoms with Crippen molar-refractivity contribution in [2.24, 2.45) is 0 Å². The van der Waals surface area contributed by atoms with E-state index >= 15 is 0 Å². The van der Waals surface area contributed by atoms with Crippen LogP contribution in [0.4, 0.5) is 0 Å². The molecule has 2 unspecified atom stereocenters. The highest BCUT2D eigenvalue weighted by molar-refractivity contribution is 4.90. The van der Waals surface area contributed by atoms with Crippen molar-refractivity contribution in [3.8, 4) is 0 Å². The number of rotatable bonds is 3. The van der Waals surface area contributed by atoms with Crippen LogP contribution in [0.1, 0.15) is 32.5 Å². The highest BCUT2D eigenvalue weighted by Gasteiger charge is 2.25. The molecule has 1 aromatic rings. The smallest absolute Gasteiger partial charge is 0.226 e. The maximum atomic E-state index is 5.12. The molecule has 1 aliphatic rings. The molecule has 90 valence electrons. The minimum atomic E-state index is 0.521. The first-order valence-electron chi connectivity index (χ1n) is 5.98. The summed E-state index contributed by atoms with van der Waals surface area (Å²) >= 11 is 0. The summed E-state index contributed by atoms with van der Waals surface area (Å²) in [7, 11) is 0. The lowest BCUT2D eigenvalue weighted by Crippen LogP contribution is -2.54. The fourth-order valence-electron chi connectivity index (χ4n) is 2.14. The molecule has 1 aromatic heterocycles. The van der Waals surface area contributed by atoms with Crippen LogP contribution in [0.2, 0.25) is 0 Å². The molecule has 2 atom stereocenters. The van der Waals surface area contributed by atoms with Gasteiger partial charge in [0.2, 0.25) is 5.89 Å². The summed E-state index contributed by atoms with van der Waals surface area (Å²) in [6.07, 6.45) is 0.805. The Labute approximate surface area is 96.2 Å². The first kappa shape index (κ1) is 11.5. The van der Waals surface area contributed by atoms with Gasteiger partial charge in [-0.3, -0.25) is 4.90 Å². The quantitative estimate of drug-likeness (QED) is 0.823. The highest BCUT2D eigenvalue weighted by atomic mass is 16.5. The van der Waals surface area contributed by atoms with Crippen LogP contribution in [0.3, 0.4) is 0 Å². The Balaban J connectivity index is 2.01. The van der Waals surface area contributed by atoms with Crippen LogP contribution in [0.15, 0.2) is 4.52 Å². The molecule has 0 spiro atoms. The zero-order valence-corrected chi connectivity index (χ0v) is 10.2. The Bertz CT molecular complexity index is 328. The Kier molecular flexibility index (Phi) is 3.56. The van der Waals surface area contributed by atoms with Crippen LogP contribution in [0.5, 0.6) is 0 Å². The lowest BCUT2D eigenvalue weighted by atomic mass is 10.1. The highest BCUT2D eigenvalue weighted by Crippen LogP contribution is 2.13. The maximum Gasteiger partial charge on any atom is 0.226 e. The van der Waals surface area contributed by atoms with Gasteiger partial charge >= 0.3 is 0 Å². The minimum Gasteiger partial charge on any atom is -0.339 e. The third kappa shape index (κ3) is 2.41. The molecule has 2 heterocycles. The van der Waals surface area contributed by atoms with E-state index in [1.54, 1.807) is 0 Å². The van der Waals surface area contributed by atoms with E-state index in [-0.39, 0.29) is 0 Å². The van der Waals surface area contributed by atoms with Crippen molar-refractivity contribution in [2.45, 2.75) is 45.8 Å². The normalized spacial score (nSPS) is 27.2. The van der Waals surface area contributed by atoms with E-state index in [2.05, 4.69) is 34.2 Å². The number of aryl methyl sites for hydroxylation is 1. The molecule has 1 fully saturated rings. The topological polar surface area (TPSA) is 54.2 Å². The van der Waals surface area contributed by atoms with Crippen molar-refractivity contribution < 1.29 is 4.52 Å². The largest absolute Gasteiger partial charge is 0.339 e. The van der Waals surface area contributed by atoms with E-state index in [0.717, 1.165) is 37.8 Å². The molecule has 1 saturated heterocycles. The van der Waals surface area contributed by atoms with Crippen LogP contribution in [0, 0.1) is 0 Å². The van der Waals surface area contributed by atoms with Crippen molar-refractivity contribution >= 4 is 0 Å². The fourth-order valence-corrected chi connectivity index (χ4v) is 2.14. The van der Waals surface area contributed by atoms with Gasteiger partial charge in [-0.15, -0.1) is 0 Å². The molecule has 0 amide bonds. The summed E-state index contributed by atoms with van der Waals surface area (Å²) in [4.78, 5) is 6.77. The lowest BCUT2D eigenvalue weighted by Gasteiger charge is -2.38. The van der Waals surface area contributed by atoms with Gasteiger partial charge in [0.05, 0.1) is 6.54 Å². The van der Waals surface area contributed by atoms with Gasteiger partial charge in [0, 0.05) is 31.6 Å². The predicted octanol–water partition coefficient (Wildman–Crippen LogP) is 0.814. The Morgan fingerprint density at radius 3 is 2.62 bits per heavy atom. The molecule has 5 nitrogen and oxygen atoms in total. The average Bonchev–Trinajstić information content (AvgIpc) is 2.71. The molecule has 0 aromatic carbocycles. The van der Waals surface area contributed by atoms with E-state index in [9.17, 15) is 0 Å². The van der Waals surface area contributed by atoms with Crippen LogP contribution in [-0.4, -0.2) is 40.2 Å². The number of hydrogen-bond acceptors (Lipinski definition) is 5. The van der Waals surface area contributed by atoms with E-state index in [1.165, 1.54) is 0 Å². The summed E-state index contributed by atoms with van der Waals surface area (Å²) < 4.78 is 5.12. The van der Waals surface area contributed by atoms with Crippen LogP contribution in [-0.2, 0) is 13.0 Å². The summed E-state index contributed by atoms with van der Waals surface area (Å²) in [6.45, 7) is 9.32. The molecule has 0 radical (unpaired) electrons. The van der Waals surface area contributed by atoms with Gasteiger partial charge in [0.15, 0.2) is 5.82 Å². The second-order valence-electron chi connectivity index (χ2n) is 4.49. The third-order valence-electron chi connectivity index (χ3n) is 3.15. The predicted molar refractivity (Wildman–Crippen MR) is 61.0 cm³/mol. The van der Waals surface area contributed by atoms with Gasteiger partial charge in [0.1, 0.15) is 0 Å². The maximum absolute atomic E-state index is 5.12. The van der Waals surface area contributed by atoms with Crippen molar-refractivity contribution in [1.82, 2.24) is 20.4 Å². The molecule has 1 N–H and O–H groups in total. The molecule has 0 saturated carbocycles. The molecular weight excluding hydrogens is 204 g/mol. The Morgan fingerprint density at radius 1 is 1.38 bits per heavy atom. The molecule has 1 aliphatic heterocycles. The summed E-state index contributed by atoms with van der Waals surface area (Å²) in [5.41, 5.74) is 0. The number of piperazine rings is 1. The SMILES string of the molecule is CCc1nc(CN2C(C)CNCC2C)no1. The number of aromatic nitrogens is 2. The second-order valence-corrected chi connectivity index (χ2v) is 4.49. The molecular formula is C11H20N4O. The van der Waals surface area contributed by atoms with Crippen molar-refractivity contribution in [3.05, 3.63) is 11.7 Å². The van der Waals surface area contributed by atoms with Gasteiger partial charge in [-0.2, -0.15) is 4.98 Å². The van der Waals surface area contributed by atoms with Crippen molar-refractivity contribution in [3.63, 3.8) is 0 Å². The van der Waals surface area contributed by atoms with E-state index in [0.29, 0.717) is 12.1 Å². The Morgan fingerprint density at radius 2 is 2.06 bits per heavy atom. The number of nitrogens with zero attached hydrogens (tertiary/aromatic N) is 3. The van der Waals surface area contributed by atoms with Gasteiger partial charge in [0.25, 0.3) is 0 Å². The molecule has 2 rings (SSSR count). The van der Waals surface area contributed by atoms with Crippen LogP contribution < -0.4 is 5.32 Å². The Hall–Kier alpha value is -0.940. The van der Waals surface area contributed by atoms with Gasteiger partial charge in [-0.25, -0.2) is 0 Å². The fraction of sp³-hybridized carbons (Fsp3) is 0.818. The average molecular weight is 224 g/mol. The van der Waals surface area contributed by atoms with E-state index in [4.69, 9.17) is 4.52 Å². The molecule has 5 heteroatoms. The summed E-state index contributed by atoms with van der Waals surface area (Å²) in [5, 5.41) is 7.41. The third-order valence-corrected chi connectivity index (χ3v) is 3.15. The zero-order valence-electron chi connectivity index (χ0n) is 10.2. The zero-order chi connectivity index (χ0) is 11.5. The van der Waals surface area contributed by atoms with Crippen LogP contribution in [0.25, 0.3) is 0 Å². The molecule has 16 heavy (non-hydrogen) atoms. The van der Waals surface area contributed by atoms with E-state index in [1.807, 2.05) is 6.92 Å². The number of nitrogens with one attached hydrogen (secondary N) is 1.